The van der Waals surface area contributed by atoms with Gasteiger partial charge in [0.15, 0.2) is 0 Å². The molecule has 0 amide bonds. The number of methoxy groups -OCH3 is 1. The number of nitrogens with zero attached hydrogens (tertiary/aromatic N) is 4. The van der Waals surface area contributed by atoms with E-state index in [4.69, 9.17) is 4.74 Å². The summed E-state index contributed by atoms with van der Waals surface area (Å²) in [5.41, 5.74) is 1.39. The molecule has 0 radical (unpaired) electrons. The summed E-state index contributed by atoms with van der Waals surface area (Å²) in [6.45, 7) is 2.71. The molecular weight excluding hydrogens is 479 g/mol. The lowest BCUT2D eigenvalue weighted by molar-refractivity contribution is -0.137. The van der Waals surface area contributed by atoms with E-state index >= 15 is 4.39 Å². The van der Waals surface area contributed by atoms with Crippen LogP contribution in [0, 0.1) is 11.8 Å². The number of hydrogen-bond acceptors (Lipinski definition) is 7. The number of pyridine rings is 1. The first-order valence-corrected chi connectivity index (χ1v) is 13.4. The number of halogens is 1. The molecule has 1 saturated heterocycles. The molecule has 192 valence electrons. The number of alkyl halides is 1. The number of aromatic nitrogens is 3. The molecule has 2 aromatic heterocycles. The van der Waals surface area contributed by atoms with E-state index in [0.29, 0.717) is 30.1 Å². The number of piperidine rings is 1. The van der Waals surface area contributed by atoms with Gasteiger partial charge in [0.1, 0.15) is 16.9 Å². The smallest absolute Gasteiger partial charge is 0.303 e. The van der Waals surface area contributed by atoms with E-state index in [0.717, 1.165) is 54.2 Å². The third-order valence-electron chi connectivity index (χ3n) is 7.01. The Hall–Kier alpha value is -2.78. The highest BCUT2D eigenvalue weighted by Gasteiger charge is 2.30. The molecule has 0 aliphatic carbocycles. The van der Waals surface area contributed by atoms with Crippen LogP contribution in [0.15, 0.2) is 54.1 Å². The van der Waals surface area contributed by atoms with Crippen molar-refractivity contribution in [1.29, 1.82) is 0 Å². The Labute approximate surface area is 215 Å². The van der Waals surface area contributed by atoms with Crippen molar-refractivity contribution in [2.24, 2.45) is 11.8 Å². The van der Waals surface area contributed by atoms with Crippen LogP contribution < -0.4 is 4.74 Å². The minimum atomic E-state index is -1.11. The lowest BCUT2D eigenvalue weighted by atomic mass is 9.79. The normalized spacial score (nSPS) is 19.3. The zero-order chi connectivity index (χ0) is 25.3. The lowest BCUT2D eigenvalue weighted by Gasteiger charge is -2.39. The molecule has 1 aromatic carbocycles. The van der Waals surface area contributed by atoms with E-state index in [9.17, 15) is 9.90 Å². The number of thioether (sulfide) groups is 1. The number of hydrogen-bond donors (Lipinski definition) is 1. The third-order valence-corrected chi connectivity index (χ3v) is 7.91. The van der Waals surface area contributed by atoms with Crippen molar-refractivity contribution in [3.63, 3.8) is 0 Å². The van der Waals surface area contributed by atoms with Crippen molar-refractivity contribution in [1.82, 2.24) is 19.9 Å². The van der Waals surface area contributed by atoms with Gasteiger partial charge in [0, 0.05) is 49.2 Å². The van der Waals surface area contributed by atoms with Crippen LogP contribution >= 0.6 is 11.8 Å². The van der Waals surface area contributed by atoms with Crippen molar-refractivity contribution >= 4 is 28.6 Å². The molecule has 36 heavy (non-hydrogen) atoms. The van der Waals surface area contributed by atoms with Crippen LogP contribution in [0.4, 0.5) is 4.39 Å². The molecule has 4 rings (SSSR count). The van der Waals surface area contributed by atoms with Crippen LogP contribution in [-0.2, 0) is 4.79 Å². The Bertz CT molecular complexity index is 1140. The van der Waals surface area contributed by atoms with Gasteiger partial charge in [-0.2, -0.15) is 0 Å². The van der Waals surface area contributed by atoms with Gasteiger partial charge in [-0.15, -0.1) is 11.8 Å². The van der Waals surface area contributed by atoms with Gasteiger partial charge in [0.25, 0.3) is 0 Å². The largest absolute Gasteiger partial charge is 0.497 e. The zero-order valence-corrected chi connectivity index (χ0v) is 21.4. The van der Waals surface area contributed by atoms with Crippen molar-refractivity contribution in [2.75, 3.05) is 32.5 Å². The molecule has 0 bridgehead atoms. The molecule has 9 heteroatoms. The van der Waals surface area contributed by atoms with Crippen molar-refractivity contribution < 1.29 is 19.0 Å². The van der Waals surface area contributed by atoms with Crippen LogP contribution in [0.5, 0.6) is 5.75 Å². The summed E-state index contributed by atoms with van der Waals surface area (Å²) in [6.07, 6.45) is 8.55. The Balaban J connectivity index is 1.35. The summed E-state index contributed by atoms with van der Waals surface area (Å²) in [5.74, 6) is 1.37. The maximum Gasteiger partial charge on any atom is 0.303 e. The molecule has 7 nitrogen and oxygen atoms in total. The van der Waals surface area contributed by atoms with Gasteiger partial charge in [-0.1, -0.05) is 0 Å². The predicted molar refractivity (Wildman–Crippen MR) is 139 cm³/mol. The van der Waals surface area contributed by atoms with Crippen LogP contribution in [0.25, 0.3) is 10.9 Å². The average Bonchev–Trinajstić information content (AvgIpc) is 2.91. The van der Waals surface area contributed by atoms with Gasteiger partial charge in [-0.25, -0.2) is 9.37 Å². The standard InChI is InChI=1S/C27H33FN4O3S/c1-35-21-4-6-25-23(16-21)22(8-10-30-25)24(28)5-2-19-9-13-32(18-20(19)3-7-27(33)34)14-15-36-26-17-29-11-12-31-26/h4,6,8,10-12,16-17,19-20,24H,2-3,5,7,9,13-15,18H2,1H3,(H,33,34)/t19?,20?,24-/m0/s1. The summed E-state index contributed by atoms with van der Waals surface area (Å²) >= 11 is 1.68. The first-order chi connectivity index (χ1) is 17.5. The average molecular weight is 513 g/mol. The van der Waals surface area contributed by atoms with Gasteiger partial charge < -0.3 is 14.7 Å². The number of carboxylic acid groups (broad SMARTS) is 1. The van der Waals surface area contributed by atoms with Gasteiger partial charge in [0.05, 0.1) is 18.8 Å². The van der Waals surface area contributed by atoms with E-state index in [-0.39, 0.29) is 12.3 Å². The van der Waals surface area contributed by atoms with E-state index in [1.54, 1.807) is 49.7 Å². The first kappa shape index (κ1) is 26.3. The molecule has 2 unspecified atom stereocenters. The summed E-state index contributed by atoms with van der Waals surface area (Å²) in [5, 5.41) is 11.0. The highest BCUT2D eigenvalue weighted by molar-refractivity contribution is 7.99. The van der Waals surface area contributed by atoms with Gasteiger partial charge in [-0.05, 0) is 73.9 Å². The topological polar surface area (TPSA) is 88.4 Å². The third kappa shape index (κ3) is 7.13. The highest BCUT2D eigenvalue weighted by atomic mass is 32.2. The Morgan fingerprint density at radius 2 is 2.11 bits per heavy atom. The minimum absolute atomic E-state index is 0.150. The molecule has 1 aliphatic rings. The van der Waals surface area contributed by atoms with E-state index in [1.165, 1.54) is 0 Å². The maximum atomic E-state index is 15.5. The van der Waals surface area contributed by atoms with Gasteiger partial charge in [-0.3, -0.25) is 14.8 Å². The number of aliphatic carboxylic acids is 1. The Morgan fingerprint density at radius 3 is 2.89 bits per heavy atom. The monoisotopic (exact) mass is 512 g/mol. The van der Waals surface area contributed by atoms with Crippen LogP contribution in [0.2, 0.25) is 0 Å². The van der Waals surface area contributed by atoms with Gasteiger partial charge >= 0.3 is 5.97 Å². The number of ether oxygens (including phenoxy) is 1. The number of carbonyl (C=O) groups is 1. The molecule has 1 N–H and O–H groups in total. The molecule has 1 fully saturated rings. The lowest BCUT2D eigenvalue weighted by Crippen LogP contribution is -2.41. The Morgan fingerprint density at radius 1 is 1.22 bits per heavy atom. The molecule has 3 atom stereocenters. The number of likely N-dealkylation sites (tertiary alicyclic amines) is 1. The summed E-state index contributed by atoms with van der Waals surface area (Å²) in [7, 11) is 1.60. The summed E-state index contributed by atoms with van der Waals surface area (Å²) < 4.78 is 20.8. The number of fused-ring (bicyclic) bond motifs is 1. The first-order valence-electron chi connectivity index (χ1n) is 12.4. The fourth-order valence-electron chi connectivity index (χ4n) is 5.08. The second-order valence-electron chi connectivity index (χ2n) is 9.26. The van der Waals surface area contributed by atoms with E-state index < -0.39 is 12.1 Å². The maximum absolute atomic E-state index is 15.5. The van der Waals surface area contributed by atoms with Crippen molar-refractivity contribution in [2.45, 2.75) is 43.3 Å². The second-order valence-corrected chi connectivity index (χ2v) is 10.4. The Kier molecular flexibility index (Phi) is 9.47. The molecule has 0 saturated carbocycles. The van der Waals surface area contributed by atoms with E-state index in [1.807, 2.05) is 18.2 Å². The van der Waals surface area contributed by atoms with Crippen LogP contribution in [0.1, 0.15) is 43.8 Å². The highest BCUT2D eigenvalue weighted by Crippen LogP contribution is 2.36. The van der Waals surface area contributed by atoms with Crippen LogP contribution in [0.3, 0.4) is 0 Å². The van der Waals surface area contributed by atoms with Crippen molar-refractivity contribution in [3.8, 4) is 5.75 Å². The fraction of sp³-hybridized carbons (Fsp3) is 0.481. The molecule has 1 aliphatic heterocycles. The molecule has 3 heterocycles. The molecule has 0 spiro atoms. The fourth-order valence-corrected chi connectivity index (χ4v) is 5.91. The summed E-state index contributed by atoms with van der Waals surface area (Å²) in [4.78, 5) is 26.5. The quantitative estimate of drug-likeness (QED) is 0.322. The molecule has 3 aromatic rings. The SMILES string of the molecule is COc1ccc2nccc([C@@H](F)CCC3CCN(CCSc4cnccn4)CC3CCC(=O)O)c2c1. The summed E-state index contributed by atoms with van der Waals surface area (Å²) in [6, 6.07) is 7.28. The minimum Gasteiger partial charge on any atom is -0.497 e. The van der Waals surface area contributed by atoms with E-state index in [2.05, 4.69) is 19.9 Å². The second kappa shape index (κ2) is 13.0. The van der Waals surface area contributed by atoms with Crippen LogP contribution in [-0.4, -0.2) is 63.4 Å². The number of benzene rings is 1. The van der Waals surface area contributed by atoms with Gasteiger partial charge in [0.2, 0.25) is 0 Å². The molecular formula is C27H33FN4O3S. The predicted octanol–water partition coefficient (Wildman–Crippen LogP) is 5.42. The van der Waals surface area contributed by atoms with Crippen molar-refractivity contribution in [3.05, 3.63) is 54.6 Å². The number of rotatable bonds is 12. The zero-order valence-electron chi connectivity index (χ0n) is 20.6. The number of carboxylic acids is 1.